The fourth-order valence-electron chi connectivity index (χ4n) is 1.14. The van der Waals surface area contributed by atoms with Crippen molar-refractivity contribution < 1.29 is 13.9 Å². The first-order valence-electron chi connectivity index (χ1n) is 4.66. The van der Waals surface area contributed by atoms with Crippen molar-refractivity contribution in [1.29, 1.82) is 0 Å². The Kier molecular flexibility index (Phi) is 3.29. The average molecular weight is 253 g/mol. The van der Waals surface area contributed by atoms with E-state index in [0.29, 0.717) is 10.6 Å². The van der Waals surface area contributed by atoms with Crippen molar-refractivity contribution in [3.05, 3.63) is 30.1 Å². The number of aromatic nitrogens is 2. The maximum absolute atomic E-state index is 13.4. The number of ether oxygens (including phenoxy) is 1. The van der Waals surface area contributed by atoms with Crippen LogP contribution in [0.5, 0.6) is 5.19 Å². The third kappa shape index (κ3) is 2.76. The normalized spacial score (nSPS) is 10.2. The van der Waals surface area contributed by atoms with Gasteiger partial charge in [-0.1, -0.05) is 28.6 Å². The molecule has 0 aliphatic carbocycles. The molecule has 17 heavy (non-hydrogen) atoms. The van der Waals surface area contributed by atoms with Crippen LogP contribution in [0, 0.1) is 5.82 Å². The Labute approximate surface area is 100 Å². The highest BCUT2D eigenvalue weighted by Gasteiger charge is 2.11. The summed E-state index contributed by atoms with van der Waals surface area (Å²) in [5.74, 6) is -0.988. The van der Waals surface area contributed by atoms with Crippen molar-refractivity contribution in [3.63, 3.8) is 0 Å². The van der Waals surface area contributed by atoms with Gasteiger partial charge in [0.1, 0.15) is 5.82 Å². The summed E-state index contributed by atoms with van der Waals surface area (Å²) in [5.41, 5.74) is 5.26. The summed E-state index contributed by atoms with van der Waals surface area (Å²) < 4.78 is 18.4. The van der Waals surface area contributed by atoms with Crippen molar-refractivity contribution in [2.75, 3.05) is 6.61 Å². The summed E-state index contributed by atoms with van der Waals surface area (Å²) in [6.07, 6.45) is 0. The zero-order chi connectivity index (χ0) is 12.3. The van der Waals surface area contributed by atoms with Gasteiger partial charge in [-0.15, -0.1) is 5.10 Å². The molecule has 2 rings (SSSR count). The molecule has 0 saturated heterocycles. The molecule has 2 N–H and O–H groups in total. The number of hydrogen-bond acceptors (Lipinski definition) is 5. The Morgan fingerprint density at radius 2 is 2.18 bits per heavy atom. The SMILES string of the molecule is NC(=O)COc1nnc(-c2ccccc2F)s1. The Bertz CT molecular complexity index is 544. The minimum Gasteiger partial charge on any atom is -0.459 e. The van der Waals surface area contributed by atoms with Crippen LogP contribution in [0.1, 0.15) is 0 Å². The van der Waals surface area contributed by atoms with Crippen LogP contribution in [-0.4, -0.2) is 22.7 Å². The van der Waals surface area contributed by atoms with E-state index in [9.17, 15) is 9.18 Å². The van der Waals surface area contributed by atoms with E-state index in [4.69, 9.17) is 10.5 Å². The van der Waals surface area contributed by atoms with Gasteiger partial charge in [0.2, 0.25) is 0 Å². The lowest BCUT2D eigenvalue weighted by Crippen LogP contribution is -2.19. The number of carbonyl (C=O) groups excluding carboxylic acids is 1. The van der Waals surface area contributed by atoms with Crippen molar-refractivity contribution in [2.45, 2.75) is 0 Å². The lowest BCUT2D eigenvalue weighted by atomic mass is 10.2. The minimum absolute atomic E-state index is 0.182. The van der Waals surface area contributed by atoms with Crippen molar-refractivity contribution in [3.8, 4) is 15.8 Å². The number of halogens is 1. The lowest BCUT2D eigenvalue weighted by Gasteiger charge is -1.96. The first kappa shape index (κ1) is 11.5. The number of nitrogens with two attached hydrogens (primary N) is 1. The predicted molar refractivity (Wildman–Crippen MR) is 60.0 cm³/mol. The Morgan fingerprint density at radius 3 is 2.88 bits per heavy atom. The predicted octanol–water partition coefficient (Wildman–Crippen LogP) is 1.21. The van der Waals surface area contributed by atoms with E-state index in [-0.39, 0.29) is 17.6 Å². The summed E-state index contributed by atoms with van der Waals surface area (Å²) in [6, 6.07) is 6.21. The van der Waals surface area contributed by atoms with Crippen molar-refractivity contribution in [2.24, 2.45) is 5.73 Å². The van der Waals surface area contributed by atoms with Crippen LogP contribution < -0.4 is 10.5 Å². The topological polar surface area (TPSA) is 78.1 Å². The highest BCUT2D eigenvalue weighted by molar-refractivity contribution is 7.16. The molecule has 1 aromatic heterocycles. The molecule has 5 nitrogen and oxygen atoms in total. The maximum Gasteiger partial charge on any atom is 0.294 e. The monoisotopic (exact) mass is 253 g/mol. The van der Waals surface area contributed by atoms with Crippen molar-refractivity contribution in [1.82, 2.24) is 10.2 Å². The van der Waals surface area contributed by atoms with Crippen LogP contribution in [0.4, 0.5) is 4.39 Å². The van der Waals surface area contributed by atoms with Gasteiger partial charge in [-0.2, -0.15) is 0 Å². The third-order valence-electron chi connectivity index (χ3n) is 1.85. The molecule has 1 aromatic carbocycles. The first-order chi connectivity index (χ1) is 8.16. The molecule has 0 unspecified atom stereocenters. The van der Waals surface area contributed by atoms with Gasteiger partial charge in [0.05, 0.1) is 0 Å². The molecule has 88 valence electrons. The number of primary amides is 1. The molecule has 7 heteroatoms. The van der Waals surface area contributed by atoms with Gasteiger partial charge in [0.15, 0.2) is 11.6 Å². The fourth-order valence-corrected chi connectivity index (χ4v) is 1.87. The molecule has 1 amide bonds. The summed E-state index contributed by atoms with van der Waals surface area (Å²) in [6.45, 7) is -0.272. The minimum atomic E-state index is -0.604. The molecule has 0 saturated carbocycles. The van der Waals surface area contributed by atoms with Gasteiger partial charge >= 0.3 is 0 Å². The molecule has 0 atom stereocenters. The largest absolute Gasteiger partial charge is 0.459 e. The number of benzene rings is 1. The molecule has 2 aromatic rings. The summed E-state index contributed by atoms with van der Waals surface area (Å²) in [7, 11) is 0. The summed E-state index contributed by atoms with van der Waals surface area (Å²) >= 11 is 1.05. The van der Waals surface area contributed by atoms with Gasteiger partial charge in [-0.3, -0.25) is 4.79 Å². The molecule has 1 heterocycles. The van der Waals surface area contributed by atoms with Gasteiger partial charge in [0, 0.05) is 5.56 Å². The van der Waals surface area contributed by atoms with E-state index in [1.807, 2.05) is 0 Å². The van der Waals surface area contributed by atoms with Crippen LogP contribution in [0.2, 0.25) is 0 Å². The van der Waals surface area contributed by atoms with Crippen LogP contribution in [0.25, 0.3) is 10.6 Å². The molecule has 0 aliphatic rings. The van der Waals surface area contributed by atoms with E-state index in [1.54, 1.807) is 18.2 Å². The molecule has 0 radical (unpaired) electrons. The second-order valence-corrected chi connectivity index (χ2v) is 4.05. The second-order valence-electron chi connectivity index (χ2n) is 3.11. The molecular weight excluding hydrogens is 245 g/mol. The molecule has 0 spiro atoms. The third-order valence-corrected chi connectivity index (χ3v) is 2.72. The number of amides is 1. The van der Waals surface area contributed by atoms with Gasteiger partial charge in [0.25, 0.3) is 11.1 Å². The van der Waals surface area contributed by atoms with Crippen LogP contribution in [0.3, 0.4) is 0 Å². The van der Waals surface area contributed by atoms with Crippen molar-refractivity contribution >= 4 is 17.2 Å². The zero-order valence-electron chi connectivity index (χ0n) is 8.59. The van der Waals surface area contributed by atoms with Gasteiger partial charge in [-0.25, -0.2) is 4.39 Å². The molecule has 0 aliphatic heterocycles. The van der Waals surface area contributed by atoms with E-state index in [1.165, 1.54) is 6.07 Å². The van der Waals surface area contributed by atoms with E-state index in [2.05, 4.69) is 10.2 Å². The van der Waals surface area contributed by atoms with E-state index in [0.717, 1.165) is 11.3 Å². The quantitative estimate of drug-likeness (QED) is 0.888. The number of rotatable bonds is 4. The average Bonchev–Trinajstić information content (AvgIpc) is 2.75. The molecule has 0 bridgehead atoms. The van der Waals surface area contributed by atoms with Gasteiger partial charge in [-0.05, 0) is 12.1 Å². The Morgan fingerprint density at radius 1 is 1.41 bits per heavy atom. The standard InChI is InChI=1S/C10H8FN3O2S/c11-7-4-2-1-3-6(7)9-13-14-10(17-9)16-5-8(12)15/h1-4H,5H2,(H2,12,15). The van der Waals surface area contributed by atoms with Crippen LogP contribution >= 0.6 is 11.3 Å². The number of nitrogens with zero attached hydrogens (tertiary/aromatic N) is 2. The number of hydrogen-bond donors (Lipinski definition) is 1. The smallest absolute Gasteiger partial charge is 0.294 e. The summed E-state index contributed by atoms with van der Waals surface area (Å²) in [5, 5.41) is 8.03. The Hall–Kier alpha value is -2.02. The lowest BCUT2D eigenvalue weighted by molar-refractivity contribution is -0.119. The van der Waals surface area contributed by atoms with E-state index >= 15 is 0 Å². The molecular formula is C10H8FN3O2S. The first-order valence-corrected chi connectivity index (χ1v) is 5.48. The zero-order valence-corrected chi connectivity index (χ0v) is 9.41. The number of carbonyl (C=O) groups is 1. The fraction of sp³-hybridized carbons (Fsp3) is 0.100. The maximum atomic E-state index is 13.4. The highest BCUT2D eigenvalue weighted by atomic mass is 32.1. The summed E-state index contributed by atoms with van der Waals surface area (Å²) in [4.78, 5) is 10.5. The van der Waals surface area contributed by atoms with E-state index < -0.39 is 5.91 Å². The van der Waals surface area contributed by atoms with Crippen LogP contribution in [-0.2, 0) is 4.79 Å². The van der Waals surface area contributed by atoms with Gasteiger partial charge < -0.3 is 10.5 Å². The second kappa shape index (κ2) is 4.88. The van der Waals surface area contributed by atoms with Crippen LogP contribution in [0.15, 0.2) is 24.3 Å². The highest BCUT2D eigenvalue weighted by Crippen LogP contribution is 2.29. The molecule has 0 fully saturated rings. The Balaban J connectivity index is 2.18.